The third kappa shape index (κ3) is 9.49. The molecule has 0 bridgehead atoms. The van der Waals surface area contributed by atoms with Crippen molar-refractivity contribution in [2.45, 2.75) is 32.5 Å². The van der Waals surface area contributed by atoms with Crippen LogP contribution in [0.4, 0.5) is 4.79 Å². The Hall–Kier alpha value is -0.810. The molecule has 90 valence electrons. The van der Waals surface area contributed by atoms with Crippen LogP contribution in [-0.2, 0) is 4.74 Å². The second-order valence-electron chi connectivity index (χ2n) is 4.80. The van der Waals surface area contributed by atoms with E-state index in [4.69, 9.17) is 4.74 Å². The number of nitrogens with one attached hydrogen (secondary N) is 1. The minimum absolute atomic E-state index is 0.201. The average molecular weight is 218 g/mol. The molecule has 0 unspecified atom stereocenters. The molecule has 0 aromatic carbocycles. The van der Waals surface area contributed by atoms with Crippen molar-refractivity contribution in [2.75, 3.05) is 27.2 Å². The largest absolute Gasteiger partial charge is 0.444 e. The number of nitrogens with zero attached hydrogens (tertiary/aromatic N) is 1. The first-order valence-electron chi connectivity index (χ1n) is 5.00. The van der Waals surface area contributed by atoms with Crippen LogP contribution >= 0.6 is 0 Å². The Kier molecular flexibility index (Phi) is 5.60. The minimum Gasteiger partial charge on any atom is -0.444 e. The molecule has 0 aromatic heterocycles. The summed E-state index contributed by atoms with van der Waals surface area (Å²) in [5.41, 5.74) is -0.503. The number of ether oxygens (including phenoxy) is 1. The number of aliphatic hydroxyl groups is 1. The normalized spacial score (nSPS) is 13.8. The van der Waals surface area contributed by atoms with Gasteiger partial charge in [-0.2, -0.15) is 0 Å². The number of alkyl carbamates (subject to hydrolysis) is 1. The highest BCUT2D eigenvalue weighted by Gasteiger charge is 2.16. The maximum atomic E-state index is 11.2. The average Bonchev–Trinajstić information content (AvgIpc) is 1.96. The van der Waals surface area contributed by atoms with Crippen molar-refractivity contribution < 1.29 is 14.6 Å². The van der Waals surface area contributed by atoms with E-state index in [1.165, 1.54) is 0 Å². The first kappa shape index (κ1) is 14.2. The van der Waals surface area contributed by atoms with E-state index in [-0.39, 0.29) is 6.54 Å². The maximum absolute atomic E-state index is 11.2. The number of likely N-dealkylation sites (N-methyl/N-ethyl adjacent to an activating group) is 1. The lowest BCUT2D eigenvalue weighted by atomic mass is 10.2. The van der Waals surface area contributed by atoms with Gasteiger partial charge < -0.3 is 20.1 Å². The number of amides is 1. The monoisotopic (exact) mass is 218 g/mol. The van der Waals surface area contributed by atoms with Crippen LogP contribution in [0, 0.1) is 0 Å². The van der Waals surface area contributed by atoms with Gasteiger partial charge in [0.1, 0.15) is 5.60 Å². The SMILES string of the molecule is CN(C)C[C@@H](O)CNC(=O)OC(C)(C)C. The molecular weight excluding hydrogens is 196 g/mol. The van der Waals surface area contributed by atoms with E-state index in [9.17, 15) is 9.90 Å². The van der Waals surface area contributed by atoms with Crippen LogP contribution in [-0.4, -0.2) is 55.0 Å². The first-order chi connectivity index (χ1) is 6.70. The van der Waals surface area contributed by atoms with Crippen molar-refractivity contribution in [1.29, 1.82) is 0 Å². The molecule has 0 heterocycles. The molecule has 15 heavy (non-hydrogen) atoms. The molecule has 0 aliphatic rings. The third-order valence-electron chi connectivity index (χ3n) is 1.46. The standard InChI is InChI=1S/C10H22N2O3/c1-10(2,3)15-9(14)11-6-8(13)7-12(4)5/h8,13H,6-7H2,1-5H3,(H,11,14)/t8-/m0/s1. The first-order valence-corrected chi connectivity index (χ1v) is 5.00. The fraction of sp³-hybridized carbons (Fsp3) is 0.900. The summed E-state index contributed by atoms with van der Waals surface area (Å²) in [7, 11) is 3.72. The van der Waals surface area contributed by atoms with Crippen LogP contribution in [0.25, 0.3) is 0 Å². The molecular formula is C10H22N2O3. The fourth-order valence-corrected chi connectivity index (χ4v) is 1.00. The number of rotatable bonds is 4. The quantitative estimate of drug-likeness (QED) is 0.718. The van der Waals surface area contributed by atoms with Crippen molar-refractivity contribution in [3.63, 3.8) is 0 Å². The summed E-state index contributed by atoms with van der Waals surface area (Å²) >= 11 is 0. The Morgan fingerprint density at radius 1 is 1.47 bits per heavy atom. The van der Waals surface area contributed by atoms with Gasteiger partial charge >= 0.3 is 6.09 Å². The highest BCUT2D eigenvalue weighted by atomic mass is 16.6. The zero-order chi connectivity index (χ0) is 12.1. The van der Waals surface area contributed by atoms with Crippen LogP contribution in [0.1, 0.15) is 20.8 Å². The molecule has 0 saturated heterocycles. The molecule has 0 rings (SSSR count). The van der Waals surface area contributed by atoms with Crippen molar-refractivity contribution >= 4 is 6.09 Å². The lowest BCUT2D eigenvalue weighted by Gasteiger charge is -2.21. The molecule has 5 heteroatoms. The summed E-state index contributed by atoms with van der Waals surface area (Å²) in [4.78, 5) is 13.0. The molecule has 0 aromatic rings. The van der Waals surface area contributed by atoms with E-state index < -0.39 is 17.8 Å². The van der Waals surface area contributed by atoms with E-state index in [2.05, 4.69) is 5.32 Å². The number of carbonyl (C=O) groups excluding carboxylic acids is 1. The van der Waals surface area contributed by atoms with E-state index in [0.717, 1.165) is 0 Å². The van der Waals surface area contributed by atoms with E-state index in [0.29, 0.717) is 6.54 Å². The van der Waals surface area contributed by atoms with Crippen molar-refractivity contribution in [3.05, 3.63) is 0 Å². The van der Waals surface area contributed by atoms with Gasteiger partial charge in [-0.1, -0.05) is 0 Å². The molecule has 0 aliphatic carbocycles. The summed E-state index contributed by atoms with van der Waals surface area (Å²) in [6, 6.07) is 0. The number of aliphatic hydroxyl groups excluding tert-OH is 1. The zero-order valence-corrected chi connectivity index (χ0v) is 10.2. The highest BCUT2D eigenvalue weighted by molar-refractivity contribution is 5.67. The van der Waals surface area contributed by atoms with Gasteiger partial charge in [-0.05, 0) is 34.9 Å². The Morgan fingerprint density at radius 2 is 2.00 bits per heavy atom. The molecule has 1 amide bonds. The smallest absolute Gasteiger partial charge is 0.407 e. The Balaban J connectivity index is 3.72. The van der Waals surface area contributed by atoms with Crippen molar-refractivity contribution in [2.24, 2.45) is 0 Å². The molecule has 1 atom stereocenters. The van der Waals surface area contributed by atoms with E-state index >= 15 is 0 Å². The molecule has 0 saturated carbocycles. The van der Waals surface area contributed by atoms with Gasteiger partial charge in [-0.3, -0.25) is 0 Å². The van der Waals surface area contributed by atoms with Crippen LogP contribution < -0.4 is 5.32 Å². The van der Waals surface area contributed by atoms with Crippen LogP contribution in [0.15, 0.2) is 0 Å². The van der Waals surface area contributed by atoms with E-state index in [1.807, 2.05) is 19.0 Å². The van der Waals surface area contributed by atoms with Crippen molar-refractivity contribution in [3.8, 4) is 0 Å². The topological polar surface area (TPSA) is 61.8 Å². The highest BCUT2D eigenvalue weighted by Crippen LogP contribution is 2.06. The molecule has 2 N–H and O–H groups in total. The van der Waals surface area contributed by atoms with Gasteiger partial charge in [0.15, 0.2) is 0 Å². The molecule has 0 fully saturated rings. The molecule has 5 nitrogen and oxygen atoms in total. The van der Waals surface area contributed by atoms with Crippen LogP contribution in [0.3, 0.4) is 0 Å². The summed E-state index contributed by atoms with van der Waals surface area (Å²) < 4.78 is 5.02. The number of hydrogen-bond acceptors (Lipinski definition) is 4. The summed E-state index contributed by atoms with van der Waals surface area (Å²) in [5.74, 6) is 0. The predicted octanol–water partition coefficient (Wildman–Crippen LogP) is 0.434. The lowest BCUT2D eigenvalue weighted by molar-refractivity contribution is 0.0479. The third-order valence-corrected chi connectivity index (χ3v) is 1.46. The van der Waals surface area contributed by atoms with Gasteiger partial charge in [-0.15, -0.1) is 0 Å². The van der Waals surface area contributed by atoms with Gasteiger partial charge in [0, 0.05) is 13.1 Å². The van der Waals surface area contributed by atoms with Crippen molar-refractivity contribution in [1.82, 2.24) is 10.2 Å². The Labute approximate surface area is 91.4 Å². The van der Waals surface area contributed by atoms with Crippen LogP contribution in [0.2, 0.25) is 0 Å². The summed E-state index contributed by atoms with van der Waals surface area (Å²) in [5, 5.41) is 12.0. The van der Waals surface area contributed by atoms with E-state index in [1.54, 1.807) is 20.8 Å². The second-order valence-corrected chi connectivity index (χ2v) is 4.80. The second kappa shape index (κ2) is 5.92. The Morgan fingerprint density at radius 3 is 2.40 bits per heavy atom. The number of hydrogen-bond donors (Lipinski definition) is 2. The molecule has 0 radical (unpaired) electrons. The minimum atomic E-state index is -0.576. The van der Waals surface area contributed by atoms with Gasteiger partial charge in [0.2, 0.25) is 0 Å². The van der Waals surface area contributed by atoms with Gasteiger partial charge in [0.25, 0.3) is 0 Å². The zero-order valence-electron chi connectivity index (χ0n) is 10.2. The summed E-state index contributed by atoms with van der Waals surface area (Å²) in [6.07, 6.45) is -1.08. The number of carbonyl (C=O) groups is 1. The van der Waals surface area contributed by atoms with Crippen LogP contribution in [0.5, 0.6) is 0 Å². The van der Waals surface area contributed by atoms with Gasteiger partial charge in [0.05, 0.1) is 6.10 Å². The molecule has 0 spiro atoms. The molecule has 0 aliphatic heterocycles. The maximum Gasteiger partial charge on any atom is 0.407 e. The Bertz CT molecular complexity index is 199. The summed E-state index contributed by atoms with van der Waals surface area (Å²) in [6.45, 7) is 6.09. The van der Waals surface area contributed by atoms with Gasteiger partial charge in [-0.25, -0.2) is 4.79 Å². The predicted molar refractivity (Wildman–Crippen MR) is 58.8 cm³/mol. The fourth-order valence-electron chi connectivity index (χ4n) is 1.00. The lowest BCUT2D eigenvalue weighted by Crippen LogP contribution is -2.40.